The molecule has 0 radical (unpaired) electrons. The van der Waals surface area contributed by atoms with E-state index in [2.05, 4.69) is 19.7 Å². The zero-order valence-corrected chi connectivity index (χ0v) is 17.5. The lowest BCUT2D eigenvalue weighted by atomic mass is 10.1. The maximum atomic E-state index is 17.7. The van der Waals surface area contributed by atoms with Gasteiger partial charge in [-0.3, -0.25) is 0 Å². The quantitative estimate of drug-likeness (QED) is 0.192. The fourth-order valence-corrected chi connectivity index (χ4v) is 8.52. The molecular weight excluding hydrogens is 380 g/mol. The van der Waals surface area contributed by atoms with Gasteiger partial charge in [0.15, 0.2) is 17.2 Å². The van der Waals surface area contributed by atoms with Crippen LogP contribution in [-0.2, 0) is 0 Å². The number of nitrogens with zero attached hydrogens (tertiary/aromatic N) is 1. The highest BCUT2D eigenvalue weighted by molar-refractivity contribution is 6.82. The molecule has 0 saturated carbocycles. The Bertz CT molecular complexity index is 1010. The van der Waals surface area contributed by atoms with Crippen molar-refractivity contribution in [1.82, 2.24) is 4.37 Å². The molecule has 0 N–H and O–H groups in total. The SMILES string of the molecule is C=CC[Si](CC=C)(CC=C)[N+](F)(c1ccccc1F)c1cccc2ccccc12. The number of fused-ring (bicyclic) bond motifs is 1. The van der Waals surface area contributed by atoms with E-state index in [0.29, 0.717) is 23.8 Å². The van der Waals surface area contributed by atoms with Gasteiger partial charge in [0.05, 0.1) is 0 Å². The molecule has 4 heteroatoms. The first-order valence-electron chi connectivity index (χ1n) is 9.69. The molecule has 0 aromatic heterocycles. The second kappa shape index (κ2) is 8.68. The van der Waals surface area contributed by atoms with Crippen LogP contribution in [0.1, 0.15) is 0 Å². The number of rotatable bonds is 9. The van der Waals surface area contributed by atoms with Crippen LogP contribution >= 0.6 is 0 Å². The number of benzene rings is 3. The summed E-state index contributed by atoms with van der Waals surface area (Å²) in [4.78, 5) is 0. The Labute approximate surface area is 172 Å². The highest BCUT2D eigenvalue weighted by atomic mass is 28.3. The van der Waals surface area contributed by atoms with E-state index in [-0.39, 0.29) is 5.69 Å². The molecule has 1 unspecified atom stereocenters. The van der Waals surface area contributed by atoms with Crippen LogP contribution in [0.25, 0.3) is 10.8 Å². The number of quaternary nitrogens is 1. The van der Waals surface area contributed by atoms with Crippen molar-refractivity contribution in [2.24, 2.45) is 0 Å². The molecule has 3 rings (SSSR count). The first-order valence-corrected chi connectivity index (χ1v) is 12.3. The summed E-state index contributed by atoms with van der Waals surface area (Å²) >= 11 is 0. The zero-order chi connectivity index (χ0) is 20.9. The summed E-state index contributed by atoms with van der Waals surface area (Å²) in [6.07, 6.45) is 5.24. The van der Waals surface area contributed by atoms with Crippen LogP contribution in [0.3, 0.4) is 0 Å². The molecule has 0 aliphatic heterocycles. The molecule has 0 heterocycles. The Morgan fingerprint density at radius 1 is 0.724 bits per heavy atom. The van der Waals surface area contributed by atoms with Crippen LogP contribution in [-0.4, -0.2) is 8.24 Å². The average Bonchev–Trinajstić information content (AvgIpc) is 2.73. The molecule has 3 aromatic carbocycles. The molecule has 0 fully saturated rings. The molecule has 0 saturated heterocycles. The monoisotopic (exact) mass is 406 g/mol. The van der Waals surface area contributed by atoms with Crippen molar-refractivity contribution >= 4 is 30.4 Å². The first-order chi connectivity index (χ1) is 14.0. The topological polar surface area (TPSA) is 0 Å². The lowest BCUT2D eigenvalue weighted by molar-refractivity contribution is 0.199. The van der Waals surface area contributed by atoms with Gasteiger partial charge in [-0.15, -0.1) is 24.1 Å². The van der Waals surface area contributed by atoms with Gasteiger partial charge in [0.25, 0.3) is 0 Å². The highest BCUT2D eigenvalue weighted by Gasteiger charge is 2.60. The minimum Gasteiger partial charge on any atom is -0.200 e. The number of hydrogen-bond acceptors (Lipinski definition) is 0. The van der Waals surface area contributed by atoms with Crippen molar-refractivity contribution in [3.05, 3.63) is 111 Å². The third-order valence-corrected chi connectivity index (χ3v) is 10.4. The first kappa shape index (κ1) is 20.9. The highest BCUT2D eigenvalue weighted by Crippen LogP contribution is 2.50. The van der Waals surface area contributed by atoms with Crippen molar-refractivity contribution in [3.8, 4) is 0 Å². The molecule has 148 valence electrons. The van der Waals surface area contributed by atoms with Gasteiger partial charge in [-0.25, -0.2) is 4.39 Å². The standard InChI is InChI=1S/C25H26F2NSi/c1-4-18-29(19-5-2,20-6-3)28(27,25-16-10-9-15-23(25)26)24-17-11-13-21-12-7-8-14-22(21)24/h4-17H,1-3,18-20H2/q+1. The summed E-state index contributed by atoms with van der Waals surface area (Å²) in [7, 11) is -3.00. The van der Waals surface area contributed by atoms with Crippen molar-refractivity contribution in [1.29, 1.82) is 0 Å². The van der Waals surface area contributed by atoms with Gasteiger partial charge < -0.3 is 0 Å². The molecule has 0 bridgehead atoms. The lowest BCUT2D eigenvalue weighted by Gasteiger charge is -2.41. The van der Waals surface area contributed by atoms with Gasteiger partial charge in [-0.05, 0) is 22.0 Å². The molecule has 0 aliphatic rings. The van der Waals surface area contributed by atoms with E-state index < -0.39 is 18.4 Å². The van der Waals surface area contributed by atoms with Crippen LogP contribution in [0, 0.1) is 5.82 Å². The molecule has 0 amide bonds. The maximum Gasteiger partial charge on any atom is 0.346 e. The molecule has 0 spiro atoms. The molecule has 29 heavy (non-hydrogen) atoms. The van der Waals surface area contributed by atoms with Crippen molar-refractivity contribution in [2.45, 2.75) is 18.1 Å². The molecule has 3 aromatic rings. The van der Waals surface area contributed by atoms with E-state index in [0.717, 1.165) is 10.8 Å². The van der Waals surface area contributed by atoms with Gasteiger partial charge in [-0.2, -0.15) is 0 Å². The van der Waals surface area contributed by atoms with Gasteiger partial charge in [-0.1, -0.05) is 60.7 Å². The molecular formula is C25H26F2NSi+. The van der Waals surface area contributed by atoms with Gasteiger partial charge in [0.1, 0.15) is 0 Å². The Hall–Kier alpha value is -2.82. The third-order valence-electron chi connectivity index (χ3n) is 5.51. The second-order valence-electron chi connectivity index (χ2n) is 7.24. The smallest absolute Gasteiger partial charge is 0.200 e. The largest absolute Gasteiger partial charge is 0.346 e. The maximum absolute atomic E-state index is 17.7. The lowest BCUT2D eigenvalue weighted by Crippen LogP contribution is -2.61. The van der Waals surface area contributed by atoms with E-state index in [9.17, 15) is 0 Å². The van der Waals surface area contributed by atoms with E-state index in [4.69, 9.17) is 0 Å². The second-order valence-corrected chi connectivity index (χ2v) is 11.5. The van der Waals surface area contributed by atoms with Crippen LogP contribution in [0.5, 0.6) is 0 Å². The Morgan fingerprint density at radius 3 is 1.86 bits per heavy atom. The van der Waals surface area contributed by atoms with E-state index >= 15 is 8.87 Å². The van der Waals surface area contributed by atoms with Gasteiger partial charge in [0, 0.05) is 35.7 Å². The normalized spacial score (nSPS) is 13.6. The van der Waals surface area contributed by atoms with E-state index in [1.165, 1.54) is 6.07 Å². The number of allylic oxidation sites excluding steroid dienone is 3. The fraction of sp³-hybridized carbons (Fsp3) is 0.120. The number of halogens is 2. The summed E-state index contributed by atoms with van der Waals surface area (Å²) in [5, 5.41) is 1.69. The summed E-state index contributed by atoms with van der Waals surface area (Å²) in [5.41, 5.74) is 0.478. The minimum absolute atomic E-state index is 0.0288. The minimum atomic E-state index is -3.00. The Morgan fingerprint density at radius 2 is 1.24 bits per heavy atom. The van der Waals surface area contributed by atoms with Crippen LogP contribution in [0.15, 0.2) is 105 Å². The Kier molecular flexibility index (Phi) is 6.26. The van der Waals surface area contributed by atoms with Crippen LogP contribution < -0.4 is 4.37 Å². The predicted octanol–water partition coefficient (Wildman–Crippen LogP) is 8.01. The molecule has 0 aliphatic carbocycles. The summed E-state index contributed by atoms with van der Waals surface area (Å²) in [6, 6.07) is 20.7. The summed E-state index contributed by atoms with van der Waals surface area (Å²) in [6.45, 7) is 11.7. The summed E-state index contributed by atoms with van der Waals surface area (Å²) in [5.74, 6) is -0.558. The number of hydrogen-bond donors (Lipinski definition) is 0. The zero-order valence-electron chi connectivity index (χ0n) is 16.5. The molecule has 1 atom stereocenters. The van der Waals surface area contributed by atoms with Crippen molar-refractivity contribution < 1.29 is 8.87 Å². The van der Waals surface area contributed by atoms with E-state index in [1.807, 2.05) is 36.4 Å². The average molecular weight is 407 g/mol. The van der Waals surface area contributed by atoms with Gasteiger partial charge in [0.2, 0.25) is 0 Å². The van der Waals surface area contributed by atoms with Crippen molar-refractivity contribution in [2.75, 3.05) is 0 Å². The third kappa shape index (κ3) is 3.50. The van der Waals surface area contributed by atoms with Crippen molar-refractivity contribution in [3.63, 3.8) is 0 Å². The predicted molar refractivity (Wildman–Crippen MR) is 124 cm³/mol. The summed E-state index contributed by atoms with van der Waals surface area (Å²) < 4.78 is 31.8. The van der Waals surface area contributed by atoms with Crippen LogP contribution in [0.4, 0.5) is 20.2 Å². The van der Waals surface area contributed by atoms with Crippen LogP contribution in [0.2, 0.25) is 18.1 Å². The van der Waals surface area contributed by atoms with E-state index in [1.54, 1.807) is 42.5 Å². The Balaban J connectivity index is 2.47. The molecule has 1 nitrogen and oxygen atoms in total. The fourth-order valence-electron chi connectivity index (χ4n) is 4.25. The number of para-hydroxylation sites is 1. The van der Waals surface area contributed by atoms with Gasteiger partial charge >= 0.3 is 8.24 Å².